The number of hydrogen-bond acceptors (Lipinski definition) is 3. The zero-order valence-corrected chi connectivity index (χ0v) is 22.7. The minimum Gasteiger partial charge on any atom is -0.460 e. The Hall–Kier alpha value is -4.35. The number of rotatable bonds is 7. The second-order valence-corrected chi connectivity index (χ2v) is 11.8. The van der Waals surface area contributed by atoms with Crippen LogP contribution in [0.2, 0.25) is 0 Å². The minimum absolute atomic E-state index is 0.123. The number of sulfonamides is 1. The summed E-state index contributed by atoms with van der Waals surface area (Å²) in [5.74, 6) is 1.53. The first kappa shape index (κ1) is 25.0. The van der Waals surface area contributed by atoms with Crippen molar-refractivity contribution in [2.45, 2.75) is 24.7 Å². The maximum atomic E-state index is 14.1. The van der Waals surface area contributed by atoms with Crippen molar-refractivity contribution in [2.75, 3.05) is 10.8 Å². The molecule has 5 heteroatoms. The van der Waals surface area contributed by atoms with E-state index < -0.39 is 10.0 Å². The third kappa shape index (κ3) is 4.59. The standard InChI is InChI=1S/C34H29NO3S/c1-24-18-20-30(21-19-24)39(36,37)35(29-16-10-5-11-17-29)23-28-22-31-32(33(28)26-12-6-3-7-13-26)25(2)38-34(31)27-14-8-4-9-15-27/h3-22,33H,23H2,1-2H3/t33-/m0/s1. The van der Waals surface area contributed by atoms with Crippen LogP contribution in [0.3, 0.4) is 0 Å². The molecule has 0 saturated carbocycles. The van der Waals surface area contributed by atoms with E-state index in [1.807, 2.05) is 105 Å². The van der Waals surface area contributed by atoms with Crippen LogP contribution in [-0.2, 0) is 10.0 Å². The van der Waals surface area contributed by atoms with Crippen LogP contribution in [0.1, 0.15) is 33.9 Å². The molecule has 4 nitrogen and oxygen atoms in total. The molecule has 1 aromatic heterocycles. The maximum absolute atomic E-state index is 14.1. The highest BCUT2D eigenvalue weighted by atomic mass is 32.2. The molecule has 1 aliphatic rings. The Balaban J connectivity index is 1.51. The van der Waals surface area contributed by atoms with Gasteiger partial charge in [0, 0.05) is 22.6 Å². The van der Waals surface area contributed by atoms with Gasteiger partial charge in [0.2, 0.25) is 0 Å². The lowest BCUT2D eigenvalue weighted by Crippen LogP contribution is -2.33. The molecule has 0 aliphatic heterocycles. The monoisotopic (exact) mass is 531 g/mol. The van der Waals surface area contributed by atoms with Gasteiger partial charge in [-0.05, 0) is 55.3 Å². The summed E-state index contributed by atoms with van der Waals surface area (Å²) in [5.41, 5.74) is 6.85. The Kier molecular flexibility index (Phi) is 6.45. The predicted octanol–water partition coefficient (Wildman–Crippen LogP) is 7.99. The molecule has 5 aromatic rings. The topological polar surface area (TPSA) is 50.5 Å². The molecule has 1 heterocycles. The Morgan fingerprint density at radius 3 is 1.97 bits per heavy atom. The molecular formula is C34H29NO3S. The predicted molar refractivity (Wildman–Crippen MR) is 157 cm³/mol. The molecule has 0 N–H and O–H groups in total. The van der Waals surface area contributed by atoms with Crippen LogP contribution in [0.15, 0.2) is 130 Å². The van der Waals surface area contributed by atoms with E-state index in [0.717, 1.165) is 44.9 Å². The van der Waals surface area contributed by atoms with Gasteiger partial charge >= 0.3 is 0 Å². The van der Waals surface area contributed by atoms with E-state index in [9.17, 15) is 8.42 Å². The van der Waals surface area contributed by atoms with Crippen LogP contribution in [0.25, 0.3) is 17.4 Å². The maximum Gasteiger partial charge on any atom is 0.264 e. The number of benzene rings is 4. The van der Waals surface area contributed by atoms with Gasteiger partial charge in [-0.3, -0.25) is 4.31 Å². The lowest BCUT2D eigenvalue weighted by Gasteiger charge is -2.28. The summed E-state index contributed by atoms with van der Waals surface area (Å²) >= 11 is 0. The molecule has 0 bridgehead atoms. The van der Waals surface area contributed by atoms with Crippen LogP contribution in [-0.4, -0.2) is 15.0 Å². The van der Waals surface area contributed by atoms with Crippen molar-refractivity contribution >= 4 is 21.8 Å². The lowest BCUT2D eigenvalue weighted by atomic mass is 9.88. The molecule has 1 atom stereocenters. The van der Waals surface area contributed by atoms with E-state index in [1.165, 1.54) is 4.31 Å². The molecule has 6 rings (SSSR count). The van der Waals surface area contributed by atoms with E-state index >= 15 is 0 Å². The summed E-state index contributed by atoms with van der Waals surface area (Å²) in [6, 6.07) is 36.7. The van der Waals surface area contributed by atoms with Crippen molar-refractivity contribution in [3.63, 3.8) is 0 Å². The Morgan fingerprint density at radius 1 is 0.744 bits per heavy atom. The molecule has 0 unspecified atom stereocenters. The summed E-state index contributed by atoms with van der Waals surface area (Å²) < 4.78 is 36.1. The zero-order chi connectivity index (χ0) is 27.0. The Bertz CT molecular complexity index is 1740. The van der Waals surface area contributed by atoms with Crippen molar-refractivity contribution in [1.29, 1.82) is 0 Å². The quantitative estimate of drug-likeness (QED) is 0.214. The number of fused-ring (bicyclic) bond motifs is 1. The fourth-order valence-corrected chi connectivity index (χ4v) is 6.86. The highest BCUT2D eigenvalue weighted by Gasteiger charge is 2.36. The molecular weight excluding hydrogens is 502 g/mol. The molecule has 0 fully saturated rings. The highest BCUT2D eigenvalue weighted by Crippen LogP contribution is 2.48. The number of aryl methyl sites for hydroxylation is 2. The smallest absolute Gasteiger partial charge is 0.264 e. The first-order chi connectivity index (χ1) is 18.9. The summed E-state index contributed by atoms with van der Waals surface area (Å²) in [6.45, 7) is 4.16. The van der Waals surface area contributed by atoms with Crippen LogP contribution in [0.5, 0.6) is 0 Å². The number of hydrogen-bond donors (Lipinski definition) is 0. The molecule has 1 aliphatic carbocycles. The Morgan fingerprint density at radius 2 is 1.33 bits per heavy atom. The van der Waals surface area contributed by atoms with Gasteiger partial charge in [0.15, 0.2) is 0 Å². The average molecular weight is 532 g/mol. The van der Waals surface area contributed by atoms with E-state index in [-0.39, 0.29) is 17.4 Å². The Labute approximate surface area is 229 Å². The van der Waals surface area contributed by atoms with Crippen LogP contribution < -0.4 is 4.31 Å². The van der Waals surface area contributed by atoms with Crippen LogP contribution >= 0.6 is 0 Å². The van der Waals surface area contributed by atoms with Crippen molar-refractivity contribution in [2.24, 2.45) is 0 Å². The van der Waals surface area contributed by atoms with Gasteiger partial charge in [0.25, 0.3) is 10.0 Å². The summed E-state index contributed by atoms with van der Waals surface area (Å²) in [7, 11) is -3.84. The minimum atomic E-state index is -3.84. The zero-order valence-electron chi connectivity index (χ0n) is 21.9. The van der Waals surface area contributed by atoms with Crippen LogP contribution in [0, 0.1) is 13.8 Å². The number of anilines is 1. The van der Waals surface area contributed by atoms with Crippen LogP contribution in [0.4, 0.5) is 5.69 Å². The van der Waals surface area contributed by atoms with Gasteiger partial charge in [-0.2, -0.15) is 0 Å². The van der Waals surface area contributed by atoms with Crippen molar-refractivity contribution in [3.8, 4) is 11.3 Å². The molecule has 194 valence electrons. The summed E-state index contributed by atoms with van der Waals surface area (Å²) in [5, 5.41) is 0. The van der Waals surface area contributed by atoms with Crippen molar-refractivity contribution < 1.29 is 12.8 Å². The van der Waals surface area contributed by atoms with Gasteiger partial charge < -0.3 is 4.42 Å². The largest absolute Gasteiger partial charge is 0.460 e. The molecule has 0 radical (unpaired) electrons. The molecule has 0 spiro atoms. The molecule has 0 saturated heterocycles. The lowest BCUT2D eigenvalue weighted by molar-refractivity contribution is 0.541. The summed E-state index contributed by atoms with van der Waals surface area (Å²) in [4.78, 5) is 0.273. The average Bonchev–Trinajstić information content (AvgIpc) is 3.50. The van der Waals surface area contributed by atoms with Crippen molar-refractivity contribution in [1.82, 2.24) is 0 Å². The first-order valence-electron chi connectivity index (χ1n) is 13.0. The van der Waals surface area contributed by atoms with E-state index in [1.54, 1.807) is 12.1 Å². The highest BCUT2D eigenvalue weighted by molar-refractivity contribution is 7.92. The number of para-hydroxylation sites is 1. The third-order valence-corrected chi connectivity index (χ3v) is 9.09. The van der Waals surface area contributed by atoms with E-state index in [0.29, 0.717) is 5.69 Å². The second kappa shape index (κ2) is 10.1. The normalized spacial score (nSPS) is 14.6. The van der Waals surface area contributed by atoms with Gasteiger partial charge in [-0.15, -0.1) is 0 Å². The van der Waals surface area contributed by atoms with Gasteiger partial charge in [-0.1, -0.05) is 96.6 Å². The third-order valence-electron chi connectivity index (χ3n) is 7.31. The van der Waals surface area contributed by atoms with E-state index in [4.69, 9.17) is 4.42 Å². The molecule has 0 amide bonds. The van der Waals surface area contributed by atoms with Gasteiger partial charge in [-0.25, -0.2) is 8.42 Å². The van der Waals surface area contributed by atoms with Gasteiger partial charge in [0.05, 0.1) is 17.1 Å². The van der Waals surface area contributed by atoms with E-state index in [2.05, 4.69) is 18.2 Å². The van der Waals surface area contributed by atoms with Gasteiger partial charge in [0.1, 0.15) is 11.5 Å². The molecule has 4 aromatic carbocycles. The second-order valence-electron chi connectivity index (χ2n) is 9.90. The number of furan rings is 1. The molecule has 39 heavy (non-hydrogen) atoms. The number of nitrogens with zero attached hydrogens (tertiary/aromatic N) is 1. The fraction of sp³-hybridized carbons (Fsp3) is 0.118. The summed E-state index contributed by atoms with van der Waals surface area (Å²) in [6.07, 6.45) is 2.13. The first-order valence-corrected chi connectivity index (χ1v) is 14.5. The fourth-order valence-electron chi connectivity index (χ4n) is 5.41. The SMILES string of the molecule is Cc1ccc(S(=O)(=O)N(CC2=Cc3c(-c4ccccc4)oc(C)c3[C@H]2c2ccccc2)c2ccccc2)cc1. The van der Waals surface area contributed by atoms with Crippen molar-refractivity contribution in [3.05, 3.63) is 149 Å².